The van der Waals surface area contributed by atoms with Crippen LogP contribution in [0.2, 0.25) is 0 Å². The van der Waals surface area contributed by atoms with Gasteiger partial charge in [0.05, 0.1) is 11.2 Å². The molecule has 18 heavy (non-hydrogen) atoms. The van der Waals surface area contributed by atoms with E-state index in [-0.39, 0.29) is 22.2 Å². The molecular formula is C11H9F4N3. The van der Waals surface area contributed by atoms with Gasteiger partial charge in [-0.25, -0.2) is 9.37 Å². The van der Waals surface area contributed by atoms with E-state index in [0.717, 1.165) is 12.1 Å². The van der Waals surface area contributed by atoms with Crippen molar-refractivity contribution in [2.45, 2.75) is 13.1 Å². The van der Waals surface area contributed by atoms with Gasteiger partial charge in [-0.2, -0.15) is 13.2 Å². The number of nitrogens with zero attached hydrogens (tertiary/aromatic N) is 1. The van der Waals surface area contributed by atoms with Crippen LogP contribution in [0.4, 0.5) is 23.2 Å². The van der Waals surface area contributed by atoms with E-state index in [9.17, 15) is 17.6 Å². The average molecular weight is 259 g/mol. The highest BCUT2D eigenvalue weighted by Crippen LogP contribution is 2.36. The van der Waals surface area contributed by atoms with Crippen LogP contribution in [0.5, 0.6) is 0 Å². The van der Waals surface area contributed by atoms with Crippen LogP contribution in [-0.2, 0) is 6.18 Å². The lowest BCUT2D eigenvalue weighted by Gasteiger charge is -2.15. The van der Waals surface area contributed by atoms with E-state index < -0.39 is 17.7 Å². The summed E-state index contributed by atoms with van der Waals surface area (Å²) in [7, 11) is 0. The number of hydrazine groups is 1. The third-order valence-corrected chi connectivity index (χ3v) is 2.60. The van der Waals surface area contributed by atoms with Crippen molar-refractivity contribution in [3.8, 4) is 0 Å². The van der Waals surface area contributed by atoms with Crippen LogP contribution in [-0.4, -0.2) is 4.98 Å². The average Bonchev–Trinajstić information content (AvgIpc) is 2.26. The molecular weight excluding hydrogens is 250 g/mol. The fraction of sp³-hybridized carbons (Fsp3) is 0.182. The highest BCUT2D eigenvalue weighted by Gasteiger charge is 2.36. The molecule has 3 N–H and O–H groups in total. The highest BCUT2D eigenvalue weighted by atomic mass is 19.4. The SMILES string of the molecule is Cc1c(C(F)(F)F)nc2ccc(F)cc2c1NN. The standard InChI is InChI=1S/C11H9F4N3/c1-5-9(18-16)7-4-6(12)2-3-8(7)17-10(5)11(13,14)15/h2-4H,16H2,1H3,(H,17,18). The van der Waals surface area contributed by atoms with Crippen molar-refractivity contribution in [3.05, 3.63) is 35.3 Å². The molecule has 0 unspecified atom stereocenters. The van der Waals surface area contributed by atoms with Gasteiger partial charge >= 0.3 is 6.18 Å². The van der Waals surface area contributed by atoms with Crippen molar-refractivity contribution in [3.63, 3.8) is 0 Å². The number of hydrogen-bond acceptors (Lipinski definition) is 3. The van der Waals surface area contributed by atoms with Crippen molar-refractivity contribution in [2.75, 3.05) is 5.43 Å². The molecule has 0 saturated heterocycles. The molecule has 0 aliphatic heterocycles. The zero-order chi connectivity index (χ0) is 13.5. The Bertz CT molecular complexity index is 607. The zero-order valence-corrected chi connectivity index (χ0v) is 9.27. The smallest absolute Gasteiger partial charge is 0.323 e. The summed E-state index contributed by atoms with van der Waals surface area (Å²) in [6.07, 6.45) is -4.59. The summed E-state index contributed by atoms with van der Waals surface area (Å²) in [4.78, 5) is 3.51. The van der Waals surface area contributed by atoms with Crippen molar-refractivity contribution >= 4 is 16.6 Å². The molecule has 2 rings (SSSR count). The van der Waals surface area contributed by atoms with Crippen LogP contribution in [0, 0.1) is 12.7 Å². The summed E-state index contributed by atoms with van der Waals surface area (Å²) in [5.41, 5.74) is 1.02. The van der Waals surface area contributed by atoms with Crippen LogP contribution in [0.3, 0.4) is 0 Å². The molecule has 0 aliphatic rings. The minimum atomic E-state index is -4.59. The molecule has 0 fully saturated rings. The van der Waals surface area contributed by atoms with Crippen molar-refractivity contribution < 1.29 is 17.6 Å². The molecule has 96 valence electrons. The summed E-state index contributed by atoms with van der Waals surface area (Å²) in [6, 6.07) is 3.32. The summed E-state index contributed by atoms with van der Waals surface area (Å²) in [5.74, 6) is 4.64. The van der Waals surface area contributed by atoms with Gasteiger partial charge in [-0.05, 0) is 25.1 Å². The predicted octanol–water partition coefficient (Wildman–Crippen LogP) is 2.99. The second-order valence-corrected chi connectivity index (χ2v) is 3.76. The number of benzene rings is 1. The lowest BCUT2D eigenvalue weighted by molar-refractivity contribution is -0.141. The van der Waals surface area contributed by atoms with E-state index in [2.05, 4.69) is 10.4 Å². The van der Waals surface area contributed by atoms with Gasteiger partial charge in [0.25, 0.3) is 0 Å². The van der Waals surface area contributed by atoms with E-state index in [4.69, 9.17) is 5.84 Å². The first-order valence-electron chi connectivity index (χ1n) is 4.98. The topological polar surface area (TPSA) is 50.9 Å². The maximum atomic E-state index is 13.1. The number of anilines is 1. The van der Waals surface area contributed by atoms with Crippen molar-refractivity contribution in [1.29, 1.82) is 0 Å². The minimum Gasteiger partial charge on any atom is -0.323 e. The first kappa shape index (κ1) is 12.6. The Balaban J connectivity index is 2.87. The maximum Gasteiger partial charge on any atom is 0.433 e. The fourth-order valence-corrected chi connectivity index (χ4v) is 1.79. The number of alkyl halides is 3. The quantitative estimate of drug-likeness (QED) is 0.470. The number of pyridine rings is 1. The lowest BCUT2D eigenvalue weighted by atomic mass is 10.1. The van der Waals surface area contributed by atoms with E-state index in [1.807, 2.05) is 0 Å². The van der Waals surface area contributed by atoms with E-state index in [1.54, 1.807) is 0 Å². The molecule has 0 aliphatic carbocycles. The molecule has 1 heterocycles. The fourth-order valence-electron chi connectivity index (χ4n) is 1.79. The van der Waals surface area contributed by atoms with Crippen LogP contribution < -0.4 is 11.3 Å². The summed E-state index contributed by atoms with van der Waals surface area (Å²) >= 11 is 0. The van der Waals surface area contributed by atoms with Crippen LogP contribution in [0.1, 0.15) is 11.3 Å². The Morgan fingerprint density at radius 1 is 1.28 bits per heavy atom. The molecule has 0 amide bonds. The van der Waals surface area contributed by atoms with Gasteiger partial charge in [0.2, 0.25) is 0 Å². The number of fused-ring (bicyclic) bond motifs is 1. The van der Waals surface area contributed by atoms with Crippen LogP contribution in [0.25, 0.3) is 10.9 Å². The largest absolute Gasteiger partial charge is 0.433 e. The van der Waals surface area contributed by atoms with Crippen LogP contribution >= 0.6 is 0 Å². The number of rotatable bonds is 1. The second-order valence-electron chi connectivity index (χ2n) is 3.76. The molecule has 2 aromatic rings. The lowest BCUT2D eigenvalue weighted by Crippen LogP contribution is -2.16. The molecule has 3 nitrogen and oxygen atoms in total. The summed E-state index contributed by atoms with van der Waals surface area (Å²) < 4.78 is 51.4. The molecule has 0 atom stereocenters. The normalized spacial score (nSPS) is 11.9. The highest BCUT2D eigenvalue weighted by molar-refractivity contribution is 5.93. The first-order valence-corrected chi connectivity index (χ1v) is 4.98. The number of nitrogen functional groups attached to an aromatic ring is 1. The number of halogens is 4. The molecule has 1 aromatic carbocycles. The number of nitrogens with two attached hydrogens (primary N) is 1. The van der Waals surface area contributed by atoms with Gasteiger partial charge in [-0.1, -0.05) is 0 Å². The molecule has 0 spiro atoms. The van der Waals surface area contributed by atoms with Gasteiger partial charge in [0.15, 0.2) is 0 Å². The maximum absolute atomic E-state index is 13.1. The van der Waals surface area contributed by atoms with E-state index in [1.165, 1.54) is 13.0 Å². The number of aromatic nitrogens is 1. The third kappa shape index (κ3) is 1.97. The Hall–Kier alpha value is -1.89. The van der Waals surface area contributed by atoms with Crippen molar-refractivity contribution in [2.24, 2.45) is 5.84 Å². The molecule has 0 saturated carbocycles. The van der Waals surface area contributed by atoms with Gasteiger partial charge in [0.1, 0.15) is 11.5 Å². The Kier molecular flexibility index (Phi) is 2.86. The molecule has 7 heteroatoms. The third-order valence-electron chi connectivity index (χ3n) is 2.60. The van der Waals surface area contributed by atoms with Gasteiger partial charge in [-0.15, -0.1) is 0 Å². The second kappa shape index (κ2) is 4.09. The summed E-state index contributed by atoms with van der Waals surface area (Å²) in [5, 5.41) is 0.211. The monoisotopic (exact) mass is 259 g/mol. The van der Waals surface area contributed by atoms with Gasteiger partial charge < -0.3 is 5.43 Å². The van der Waals surface area contributed by atoms with E-state index >= 15 is 0 Å². The zero-order valence-electron chi connectivity index (χ0n) is 9.27. The van der Waals surface area contributed by atoms with E-state index in [0.29, 0.717) is 0 Å². The summed E-state index contributed by atoms with van der Waals surface area (Å²) in [6.45, 7) is 1.23. The van der Waals surface area contributed by atoms with Crippen molar-refractivity contribution in [1.82, 2.24) is 4.98 Å². The Labute approximate surface area is 99.6 Å². The predicted molar refractivity (Wildman–Crippen MR) is 59.3 cm³/mol. The van der Waals surface area contributed by atoms with Gasteiger partial charge in [-0.3, -0.25) is 5.84 Å². The Morgan fingerprint density at radius 3 is 2.50 bits per heavy atom. The first-order chi connectivity index (χ1) is 8.34. The number of nitrogens with one attached hydrogen (secondary N) is 1. The molecule has 0 bridgehead atoms. The molecule has 0 radical (unpaired) electrons. The number of hydrogen-bond donors (Lipinski definition) is 2. The van der Waals surface area contributed by atoms with Crippen LogP contribution in [0.15, 0.2) is 18.2 Å². The van der Waals surface area contributed by atoms with Gasteiger partial charge in [0, 0.05) is 10.9 Å². The Morgan fingerprint density at radius 2 is 1.94 bits per heavy atom. The molecule has 1 aromatic heterocycles. The minimum absolute atomic E-state index is 0.0202.